The highest BCUT2D eigenvalue weighted by Gasteiger charge is 2.21. The van der Waals surface area contributed by atoms with Crippen molar-refractivity contribution in [3.05, 3.63) is 29.3 Å². The molecule has 0 bridgehead atoms. The number of rotatable bonds is 4. The number of anilines is 1. The number of halogens is 1. The zero-order valence-corrected chi connectivity index (χ0v) is 9.67. The van der Waals surface area contributed by atoms with Gasteiger partial charge in [0.2, 0.25) is 0 Å². The molecule has 1 N–H and O–H groups in total. The van der Waals surface area contributed by atoms with Crippen molar-refractivity contribution in [3.63, 3.8) is 0 Å². The van der Waals surface area contributed by atoms with Gasteiger partial charge in [0.1, 0.15) is 12.6 Å². The number of nitrogens with one attached hydrogen (secondary N) is 1. The molecule has 3 nitrogen and oxygen atoms in total. The topological polar surface area (TPSA) is 38.3 Å². The highest BCUT2D eigenvalue weighted by Crippen LogP contribution is 2.22. The standard InChI is InChI=1S/C12H14ClNO2/c13-9-4-6-10(7-5-9)14-8-12(15)16-11-2-1-3-11/h4-7,11,14H,1-3,8H2. The largest absolute Gasteiger partial charge is 0.461 e. The number of benzene rings is 1. The summed E-state index contributed by atoms with van der Waals surface area (Å²) in [5.74, 6) is -0.195. The third-order valence-electron chi connectivity index (χ3n) is 2.63. The normalized spacial score (nSPS) is 15.3. The lowest BCUT2D eigenvalue weighted by molar-refractivity contribution is -0.150. The zero-order valence-electron chi connectivity index (χ0n) is 8.91. The van der Waals surface area contributed by atoms with Gasteiger partial charge in [0.25, 0.3) is 0 Å². The molecule has 1 aromatic rings. The Morgan fingerprint density at radius 2 is 2.06 bits per heavy atom. The van der Waals surface area contributed by atoms with E-state index in [0.717, 1.165) is 18.5 Å². The maximum Gasteiger partial charge on any atom is 0.325 e. The fourth-order valence-electron chi connectivity index (χ4n) is 1.46. The molecule has 0 spiro atoms. The summed E-state index contributed by atoms with van der Waals surface area (Å²) in [7, 11) is 0. The van der Waals surface area contributed by atoms with E-state index in [-0.39, 0.29) is 18.6 Å². The van der Waals surface area contributed by atoms with Crippen molar-refractivity contribution in [2.24, 2.45) is 0 Å². The second-order valence-electron chi connectivity index (χ2n) is 3.90. The van der Waals surface area contributed by atoms with Crippen LogP contribution in [0.2, 0.25) is 5.02 Å². The van der Waals surface area contributed by atoms with Crippen LogP contribution in [-0.4, -0.2) is 18.6 Å². The first-order chi connectivity index (χ1) is 7.74. The number of hydrogen-bond donors (Lipinski definition) is 1. The average molecular weight is 240 g/mol. The molecule has 0 radical (unpaired) electrons. The molecule has 0 amide bonds. The van der Waals surface area contributed by atoms with E-state index in [1.165, 1.54) is 6.42 Å². The highest BCUT2D eigenvalue weighted by molar-refractivity contribution is 6.30. The number of hydrogen-bond acceptors (Lipinski definition) is 3. The molecule has 16 heavy (non-hydrogen) atoms. The lowest BCUT2D eigenvalue weighted by Crippen LogP contribution is -2.28. The van der Waals surface area contributed by atoms with E-state index in [1.54, 1.807) is 12.1 Å². The van der Waals surface area contributed by atoms with Crippen LogP contribution in [0.5, 0.6) is 0 Å². The van der Waals surface area contributed by atoms with Gasteiger partial charge in [0.05, 0.1) is 0 Å². The summed E-state index contributed by atoms with van der Waals surface area (Å²) < 4.78 is 5.20. The average Bonchev–Trinajstić information content (AvgIpc) is 2.23. The molecule has 1 saturated carbocycles. The van der Waals surface area contributed by atoms with Gasteiger partial charge in [-0.2, -0.15) is 0 Å². The van der Waals surface area contributed by atoms with Crippen LogP contribution in [-0.2, 0) is 9.53 Å². The van der Waals surface area contributed by atoms with Gasteiger partial charge in [-0.1, -0.05) is 11.6 Å². The minimum atomic E-state index is -0.195. The summed E-state index contributed by atoms with van der Waals surface area (Å²) in [6, 6.07) is 7.22. The maximum atomic E-state index is 11.4. The van der Waals surface area contributed by atoms with Crippen LogP contribution in [0.4, 0.5) is 5.69 Å². The lowest BCUT2D eigenvalue weighted by Gasteiger charge is -2.25. The monoisotopic (exact) mass is 239 g/mol. The van der Waals surface area contributed by atoms with Crippen molar-refractivity contribution in [3.8, 4) is 0 Å². The van der Waals surface area contributed by atoms with Crippen LogP contribution in [0.25, 0.3) is 0 Å². The molecule has 86 valence electrons. The molecule has 1 aliphatic carbocycles. The first-order valence-corrected chi connectivity index (χ1v) is 5.81. The number of carbonyl (C=O) groups excluding carboxylic acids is 1. The van der Waals surface area contributed by atoms with Crippen molar-refractivity contribution in [2.75, 3.05) is 11.9 Å². The van der Waals surface area contributed by atoms with E-state index in [4.69, 9.17) is 16.3 Å². The molecule has 1 fully saturated rings. The van der Waals surface area contributed by atoms with E-state index in [1.807, 2.05) is 12.1 Å². The number of carbonyl (C=O) groups is 1. The van der Waals surface area contributed by atoms with E-state index < -0.39 is 0 Å². The molecule has 0 saturated heterocycles. The Kier molecular flexibility index (Phi) is 3.67. The van der Waals surface area contributed by atoms with E-state index >= 15 is 0 Å². The Balaban J connectivity index is 1.73. The predicted octanol–water partition coefficient (Wildman–Crippen LogP) is 2.85. The van der Waals surface area contributed by atoms with Crippen molar-refractivity contribution in [2.45, 2.75) is 25.4 Å². The van der Waals surface area contributed by atoms with Gasteiger partial charge < -0.3 is 10.1 Å². The Labute approximate surface area is 99.7 Å². The van der Waals surface area contributed by atoms with Gasteiger partial charge in [-0.05, 0) is 43.5 Å². The summed E-state index contributed by atoms with van der Waals surface area (Å²) in [6.45, 7) is 0.206. The van der Waals surface area contributed by atoms with Crippen molar-refractivity contribution in [1.82, 2.24) is 0 Å². The zero-order chi connectivity index (χ0) is 11.4. The van der Waals surface area contributed by atoms with E-state index in [0.29, 0.717) is 5.02 Å². The van der Waals surface area contributed by atoms with Crippen molar-refractivity contribution >= 4 is 23.3 Å². The Bertz CT molecular complexity index is 360. The first kappa shape index (κ1) is 11.3. The first-order valence-electron chi connectivity index (χ1n) is 5.43. The van der Waals surface area contributed by atoms with Gasteiger partial charge >= 0.3 is 5.97 Å². The molecule has 0 heterocycles. The SMILES string of the molecule is O=C(CNc1ccc(Cl)cc1)OC1CCC1. The van der Waals surface area contributed by atoms with Crippen LogP contribution in [0, 0.1) is 0 Å². The van der Waals surface area contributed by atoms with E-state index in [2.05, 4.69) is 5.32 Å². The minimum absolute atomic E-state index is 0.152. The predicted molar refractivity (Wildman–Crippen MR) is 63.7 cm³/mol. The molecule has 0 aliphatic heterocycles. The third-order valence-corrected chi connectivity index (χ3v) is 2.88. The van der Waals surface area contributed by atoms with Crippen LogP contribution in [0.1, 0.15) is 19.3 Å². The smallest absolute Gasteiger partial charge is 0.325 e. The summed E-state index contributed by atoms with van der Waals surface area (Å²) in [4.78, 5) is 11.4. The molecule has 0 unspecified atom stereocenters. The summed E-state index contributed by atoms with van der Waals surface area (Å²) >= 11 is 5.75. The lowest BCUT2D eigenvalue weighted by atomic mass is 9.96. The second-order valence-corrected chi connectivity index (χ2v) is 4.34. The molecule has 0 aromatic heterocycles. The van der Waals surface area contributed by atoms with Gasteiger partial charge in [-0.3, -0.25) is 4.79 Å². The van der Waals surface area contributed by atoms with Gasteiger partial charge in [-0.25, -0.2) is 0 Å². The van der Waals surface area contributed by atoms with Crippen molar-refractivity contribution in [1.29, 1.82) is 0 Å². The summed E-state index contributed by atoms with van der Waals surface area (Å²) in [5.41, 5.74) is 0.870. The summed E-state index contributed by atoms with van der Waals surface area (Å²) in [5, 5.41) is 3.67. The number of ether oxygens (including phenoxy) is 1. The van der Waals surface area contributed by atoms with Crippen molar-refractivity contribution < 1.29 is 9.53 Å². The van der Waals surface area contributed by atoms with Gasteiger partial charge in [0.15, 0.2) is 0 Å². The molecule has 1 aromatic carbocycles. The van der Waals surface area contributed by atoms with Crippen LogP contribution in [0.3, 0.4) is 0 Å². The van der Waals surface area contributed by atoms with Crippen LogP contribution in [0.15, 0.2) is 24.3 Å². The quantitative estimate of drug-likeness (QED) is 0.822. The van der Waals surface area contributed by atoms with Crippen LogP contribution >= 0.6 is 11.6 Å². The maximum absolute atomic E-state index is 11.4. The van der Waals surface area contributed by atoms with E-state index in [9.17, 15) is 4.79 Å². The Morgan fingerprint density at radius 1 is 1.38 bits per heavy atom. The highest BCUT2D eigenvalue weighted by atomic mass is 35.5. The fourth-order valence-corrected chi connectivity index (χ4v) is 1.58. The fraction of sp³-hybridized carbons (Fsp3) is 0.417. The third kappa shape index (κ3) is 3.14. The van der Waals surface area contributed by atoms with Gasteiger partial charge in [-0.15, -0.1) is 0 Å². The second kappa shape index (κ2) is 5.21. The Hall–Kier alpha value is -1.22. The van der Waals surface area contributed by atoms with Crippen LogP contribution < -0.4 is 5.32 Å². The minimum Gasteiger partial charge on any atom is -0.461 e. The molecule has 2 rings (SSSR count). The van der Waals surface area contributed by atoms with Gasteiger partial charge in [0, 0.05) is 10.7 Å². The Morgan fingerprint density at radius 3 is 2.62 bits per heavy atom. The molecular formula is C12H14ClNO2. The number of esters is 1. The molecule has 1 aliphatic rings. The molecule has 4 heteroatoms. The molecular weight excluding hydrogens is 226 g/mol. The molecule has 0 atom stereocenters. The summed E-state index contributed by atoms with van der Waals surface area (Å²) in [6.07, 6.45) is 3.33.